The van der Waals surface area contributed by atoms with Crippen molar-refractivity contribution in [3.63, 3.8) is 0 Å². The molecule has 0 bridgehead atoms. The van der Waals surface area contributed by atoms with E-state index in [1.165, 1.54) is 11.0 Å². The van der Waals surface area contributed by atoms with Crippen molar-refractivity contribution in [2.24, 2.45) is 0 Å². The Bertz CT molecular complexity index is 849. The fourth-order valence-corrected chi connectivity index (χ4v) is 4.43. The molecule has 5 atom stereocenters. The summed E-state index contributed by atoms with van der Waals surface area (Å²) in [4.78, 5) is 33.8. The van der Waals surface area contributed by atoms with Crippen molar-refractivity contribution < 1.29 is 40.0 Å². The van der Waals surface area contributed by atoms with E-state index >= 15 is 0 Å². The standard InChI is InChI=1S/C25H41N3O8/c1-4-8-27(9-5-2)24(34)18-12-16(3)11-17(13-18)23(33)26-36-15-20(30)21(31)22(32)25(35)28-10-6-7-19(28)14-29/h11-13,19-22,25,29-32,35H,4-10,14-15H2,1-3H3,(H,26,33)/t19-,20+,21-,22+,25?/m1/s1. The Hall–Kier alpha value is -2.12. The first kappa shape index (κ1) is 30.1. The van der Waals surface area contributed by atoms with Crippen molar-refractivity contribution in [2.45, 2.75) is 77.0 Å². The molecular weight excluding hydrogens is 470 g/mol. The molecule has 6 N–H and O–H groups in total. The van der Waals surface area contributed by atoms with E-state index in [-0.39, 0.29) is 24.1 Å². The molecular formula is C25H41N3O8. The fourth-order valence-electron chi connectivity index (χ4n) is 4.43. The fraction of sp³-hybridized carbons (Fsp3) is 0.680. The highest BCUT2D eigenvalue weighted by molar-refractivity contribution is 5.99. The quantitative estimate of drug-likeness (QED) is 0.185. The Labute approximate surface area is 212 Å². The molecule has 1 aromatic rings. The highest BCUT2D eigenvalue weighted by Gasteiger charge is 2.38. The van der Waals surface area contributed by atoms with Crippen molar-refractivity contribution in [1.82, 2.24) is 15.3 Å². The number of rotatable bonds is 14. The maximum Gasteiger partial charge on any atom is 0.274 e. The Kier molecular flexibility index (Phi) is 12.2. The number of hydrogen-bond donors (Lipinski definition) is 6. The van der Waals surface area contributed by atoms with Gasteiger partial charge in [0.05, 0.1) is 6.61 Å². The zero-order valence-electron chi connectivity index (χ0n) is 21.3. The predicted molar refractivity (Wildman–Crippen MR) is 132 cm³/mol. The molecule has 1 unspecified atom stereocenters. The van der Waals surface area contributed by atoms with Crippen LogP contribution in [0.5, 0.6) is 0 Å². The van der Waals surface area contributed by atoms with Gasteiger partial charge >= 0.3 is 0 Å². The summed E-state index contributed by atoms with van der Waals surface area (Å²) in [6.07, 6.45) is -3.56. The molecule has 2 rings (SSSR count). The van der Waals surface area contributed by atoms with Crippen LogP contribution in [-0.2, 0) is 4.84 Å². The van der Waals surface area contributed by atoms with Gasteiger partial charge in [0.2, 0.25) is 0 Å². The van der Waals surface area contributed by atoms with Gasteiger partial charge in [-0.15, -0.1) is 0 Å². The summed E-state index contributed by atoms with van der Waals surface area (Å²) in [7, 11) is 0. The first-order valence-electron chi connectivity index (χ1n) is 12.6. The Morgan fingerprint density at radius 3 is 2.33 bits per heavy atom. The Morgan fingerprint density at radius 2 is 1.72 bits per heavy atom. The van der Waals surface area contributed by atoms with Crippen LogP contribution < -0.4 is 5.48 Å². The van der Waals surface area contributed by atoms with Crippen molar-refractivity contribution in [3.05, 3.63) is 34.9 Å². The SMILES string of the molecule is CCCN(CCC)C(=O)c1cc(C)cc(C(=O)NOC[C@H](O)[C@@H](O)[C@H](O)C(O)N2CCC[C@@H]2CO)c1. The summed E-state index contributed by atoms with van der Waals surface area (Å²) < 4.78 is 0. The molecule has 11 heteroatoms. The van der Waals surface area contributed by atoms with E-state index in [0.29, 0.717) is 31.6 Å². The lowest BCUT2D eigenvalue weighted by atomic mass is 10.0. The first-order chi connectivity index (χ1) is 17.1. The van der Waals surface area contributed by atoms with E-state index in [9.17, 15) is 35.1 Å². The molecule has 1 fully saturated rings. The average Bonchev–Trinajstić information content (AvgIpc) is 3.35. The highest BCUT2D eigenvalue weighted by Crippen LogP contribution is 2.22. The van der Waals surface area contributed by atoms with Gasteiger partial charge in [0, 0.05) is 36.8 Å². The molecule has 2 amide bonds. The molecule has 204 valence electrons. The van der Waals surface area contributed by atoms with Crippen LogP contribution in [0.15, 0.2) is 18.2 Å². The molecule has 1 aliphatic heterocycles. The number of hydrogen-bond acceptors (Lipinski definition) is 9. The number of aryl methyl sites for hydroxylation is 1. The Balaban J connectivity index is 1.94. The topological polar surface area (TPSA) is 163 Å². The number of hydroxylamine groups is 1. The third-order valence-corrected chi connectivity index (χ3v) is 6.30. The summed E-state index contributed by atoms with van der Waals surface area (Å²) >= 11 is 0. The van der Waals surface area contributed by atoms with Crippen LogP contribution >= 0.6 is 0 Å². The summed E-state index contributed by atoms with van der Waals surface area (Å²) in [5.41, 5.74) is 3.47. The van der Waals surface area contributed by atoms with Crippen molar-refractivity contribution in [1.29, 1.82) is 0 Å². The average molecular weight is 512 g/mol. The number of aliphatic hydroxyl groups is 5. The zero-order valence-corrected chi connectivity index (χ0v) is 21.3. The number of amides is 2. The molecule has 1 aromatic carbocycles. The minimum absolute atomic E-state index is 0.162. The van der Waals surface area contributed by atoms with E-state index in [1.807, 2.05) is 13.8 Å². The lowest BCUT2D eigenvalue weighted by molar-refractivity contribution is -0.166. The van der Waals surface area contributed by atoms with E-state index < -0.39 is 37.1 Å². The van der Waals surface area contributed by atoms with Gasteiger partial charge in [0.1, 0.15) is 31.1 Å². The second kappa shape index (κ2) is 14.6. The lowest BCUT2D eigenvalue weighted by Gasteiger charge is -2.34. The number of nitrogens with one attached hydrogen (secondary N) is 1. The van der Waals surface area contributed by atoms with Crippen LogP contribution in [-0.4, -0.2) is 111 Å². The van der Waals surface area contributed by atoms with Crippen molar-refractivity contribution in [2.75, 3.05) is 32.8 Å². The molecule has 1 saturated heterocycles. The van der Waals surface area contributed by atoms with Gasteiger partial charge in [-0.05, 0) is 56.4 Å². The van der Waals surface area contributed by atoms with Crippen molar-refractivity contribution in [3.8, 4) is 0 Å². The third-order valence-electron chi connectivity index (χ3n) is 6.30. The normalized spacial score (nSPS) is 19.5. The molecule has 0 radical (unpaired) electrons. The van der Waals surface area contributed by atoms with Gasteiger partial charge in [0.15, 0.2) is 0 Å². The van der Waals surface area contributed by atoms with Crippen LogP contribution in [0.4, 0.5) is 0 Å². The van der Waals surface area contributed by atoms with Gasteiger partial charge < -0.3 is 30.4 Å². The minimum atomic E-state index is -1.76. The number of carbonyl (C=O) groups excluding carboxylic acids is 2. The van der Waals surface area contributed by atoms with Crippen LogP contribution in [0.2, 0.25) is 0 Å². The first-order valence-corrected chi connectivity index (χ1v) is 12.6. The third kappa shape index (κ3) is 7.94. The monoisotopic (exact) mass is 511 g/mol. The molecule has 36 heavy (non-hydrogen) atoms. The van der Waals surface area contributed by atoms with Crippen LogP contribution in [0.1, 0.15) is 65.8 Å². The molecule has 1 aliphatic rings. The highest BCUT2D eigenvalue weighted by atomic mass is 16.7. The molecule has 0 aromatic heterocycles. The molecule has 0 spiro atoms. The smallest absolute Gasteiger partial charge is 0.274 e. The number of benzene rings is 1. The number of carbonyl (C=O) groups is 2. The second-order valence-corrected chi connectivity index (χ2v) is 9.30. The van der Waals surface area contributed by atoms with E-state index in [1.54, 1.807) is 24.0 Å². The van der Waals surface area contributed by atoms with Gasteiger partial charge in [-0.3, -0.25) is 19.3 Å². The van der Waals surface area contributed by atoms with Gasteiger partial charge in [-0.2, -0.15) is 0 Å². The zero-order chi connectivity index (χ0) is 26.8. The van der Waals surface area contributed by atoms with Gasteiger partial charge in [-0.25, -0.2) is 5.48 Å². The van der Waals surface area contributed by atoms with E-state index in [4.69, 9.17) is 4.84 Å². The molecule has 0 saturated carbocycles. The van der Waals surface area contributed by atoms with Gasteiger partial charge in [0.25, 0.3) is 11.8 Å². The van der Waals surface area contributed by atoms with Gasteiger partial charge in [-0.1, -0.05) is 13.8 Å². The maximum absolute atomic E-state index is 12.9. The Morgan fingerprint density at radius 1 is 1.08 bits per heavy atom. The molecule has 11 nitrogen and oxygen atoms in total. The number of aliphatic hydroxyl groups excluding tert-OH is 5. The minimum Gasteiger partial charge on any atom is -0.395 e. The van der Waals surface area contributed by atoms with Crippen LogP contribution in [0, 0.1) is 6.92 Å². The summed E-state index contributed by atoms with van der Waals surface area (Å²) in [6.45, 7) is 6.67. The summed E-state index contributed by atoms with van der Waals surface area (Å²) in [5, 5.41) is 50.5. The van der Waals surface area contributed by atoms with Crippen molar-refractivity contribution >= 4 is 11.8 Å². The summed E-state index contributed by atoms with van der Waals surface area (Å²) in [6, 6.07) is 4.45. The molecule has 1 heterocycles. The van der Waals surface area contributed by atoms with E-state index in [0.717, 1.165) is 24.8 Å². The van der Waals surface area contributed by atoms with Crippen LogP contribution in [0.3, 0.4) is 0 Å². The van der Waals surface area contributed by atoms with Crippen LogP contribution in [0.25, 0.3) is 0 Å². The molecule has 0 aliphatic carbocycles. The number of likely N-dealkylation sites (tertiary alicyclic amines) is 1. The predicted octanol–water partition coefficient (Wildman–Crippen LogP) is -0.224. The van der Waals surface area contributed by atoms with E-state index in [2.05, 4.69) is 5.48 Å². The second-order valence-electron chi connectivity index (χ2n) is 9.30. The summed E-state index contributed by atoms with van der Waals surface area (Å²) in [5.74, 6) is -0.805. The lowest BCUT2D eigenvalue weighted by Crippen LogP contribution is -2.54. The maximum atomic E-state index is 12.9. The largest absolute Gasteiger partial charge is 0.395 e. The number of nitrogens with zero attached hydrogens (tertiary/aromatic N) is 2.